The third-order valence-electron chi connectivity index (χ3n) is 1.66. The van der Waals surface area contributed by atoms with Crippen molar-refractivity contribution in [1.29, 1.82) is 0 Å². The van der Waals surface area contributed by atoms with E-state index in [1.54, 1.807) is 13.8 Å². The molecule has 0 fully saturated rings. The number of rotatable bonds is 3. The van der Waals surface area contributed by atoms with Gasteiger partial charge in [0.25, 0.3) is 0 Å². The average molecular weight is 132 g/mol. The van der Waals surface area contributed by atoms with Crippen molar-refractivity contribution in [3.05, 3.63) is 0 Å². The van der Waals surface area contributed by atoms with Crippen LogP contribution in [0.5, 0.6) is 0 Å². The van der Waals surface area contributed by atoms with Crippen LogP contribution >= 0.6 is 0 Å². The van der Waals surface area contributed by atoms with Gasteiger partial charge in [-0.1, -0.05) is 13.3 Å². The Hall–Kier alpha value is -0.0800. The fourth-order valence-electron chi connectivity index (χ4n) is 0.715. The minimum absolute atomic E-state index is 0.627. The Morgan fingerprint density at radius 3 is 2.11 bits per heavy atom. The molecule has 0 saturated heterocycles. The third-order valence-corrected chi connectivity index (χ3v) is 1.66. The van der Waals surface area contributed by atoms with Gasteiger partial charge in [-0.05, 0) is 20.3 Å². The van der Waals surface area contributed by atoms with E-state index in [9.17, 15) is 5.11 Å². The van der Waals surface area contributed by atoms with Gasteiger partial charge in [-0.2, -0.15) is 0 Å². The van der Waals surface area contributed by atoms with Gasteiger partial charge >= 0.3 is 0 Å². The summed E-state index contributed by atoms with van der Waals surface area (Å²) in [5.41, 5.74) is -0.894. The SMILES string of the molecule is CCC[C@](C)(O)C(C)O. The van der Waals surface area contributed by atoms with Gasteiger partial charge in [0.1, 0.15) is 0 Å². The van der Waals surface area contributed by atoms with Crippen LogP contribution in [0.1, 0.15) is 33.6 Å². The molecule has 0 saturated carbocycles. The predicted octanol–water partition coefficient (Wildman–Crippen LogP) is 0.918. The fourth-order valence-corrected chi connectivity index (χ4v) is 0.715. The molecule has 2 atom stereocenters. The highest BCUT2D eigenvalue weighted by molar-refractivity contribution is 4.77. The largest absolute Gasteiger partial charge is 0.390 e. The number of hydrogen-bond donors (Lipinski definition) is 2. The van der Waals surface area contributed by atoms with E-state index >= 15 is 0 Å². The highest BCUT2D eigenvalue weighted by Gasteiger charge is 2.24. The van der Waals surface area contributed by atoms with Crippen molar-refractivity contribution in [2.45, 2.75) is 45.3 Å². The zero-order valence-electron chi connectivity index (χ0n) is 6.39. The van der Waals surface area contributed by atoms with E-state index in [0.29, 0.717) is 6.42 Å². The van der Waals surface area contributed by atoms with Crippen molar-refractivity contribution in [3.63, 3.8) is 0 Å². The summed E-state index contributed by atoms with van der Waals surface area (Å²) in [6.07, 6.45) is 0.931. The molecule has 0 rings (SSSR count). The van der Waals surface area contributed by atoms with Crippen LogP contribution in [0.15, 0.2) is 0 Å². The summed E-state index contributed by atoms with van der Waals surface area (Å²) in [5.74, 6) is 0. The van der Waals surface area contributed by atoms with Crippen LogP contribution in [-0.4, -0.2) is 21.9 Å². The van der Waals surface area contributed by atoms with Gasteiger partial charge in [0, 0.05) is 0 Å². The summed E-state index contributed by atoms with van der Waals surface area (Å²) in [4.78, 5) is 0. The lowest BCUT2D eigenvalue weighted by Gasteiger charge is -2.25. The van der Waals surface area contributed by atoms with E-state index in [1.165, 1.54) is 0 Å². The van der Waals surface area contributed by atoms with Gasteiger partial charge in [-0.3, -0.25) is 0 Å². The summed E-state index contributed by atoms with van der Waals surface area (Å²) in [7, 11) is 0. The molecule has 0 radical (unpaired) electrons. The Morgan fingerprint density at radius 1 is 1.56 bits per heavy atom. The van der Waals surface area contributed by atoms with E-state index in [-0.39, 0.29) is 0 Å². The molecule has 2 heteroatoms. The van der Waals surface area contributed by atoms with Gasteiger partial charge < -0.3 is 10.2 Å². The van der Waals surface area contributed by atoms with Gasteiger partial charge in [-0.25, -0.2) is 0 Å². The summed E-state index contributed by atoms with van der Waals surface area (Å²) < 4.78 is 0. The highest BCUT2D eigenvalue weighted by atomic mass is 16.3. The van der Waals surface area contributed by atoms with Crippen molar-refractivity contribution in [2.75, 3.05) is 0 Å². The Bertz CT molecular complexity index is 77.0. The average Bonchev–Trinajstić information content (AvgIpc) is 1.65. The minimum atomic E-state index is -0.894. The van der Waals surface area contributed by atoms with E-state index in [0.717, 1.165) is 6.42 Å². The first-order valence-corrected chi connectivity index (χ1v) is 3.41. The Morgan fingerprint density at radius 2 is 2.00 bits per heavy atom. The molecule has 0 aromatic carbocycles. The summed E-state index contributed by atoms with van der Waals surface area (Å²) in [6.45, 7) is 5.24. The molecule has 1 unspecified atom stereocenters. The molecular formula is C7H16O2. The third kappa shape index (κ3) is 2.82. The maximum Gasteiger partial charge on any atom is 0.0874 e. The molecule has 56 valence electrons. The Balaban J connectivity index is 3.70. The van der Waals surface area contributed by atoms with Crippen molar-refractivity contribution >= 4 is 0 Å². The molecule has 0 aliphatic rings. The first kappa shape index (κ1) is 8.92. The topological polar surface area (TPSA) is 40.5 Å². The van der Waals surface area contributed by atoms with Crippen LogP contribution in [0.4, 0.5) is 0 Å². The lowest BCUT2D eigenvalue weighted by Crippen LogP contribution is -2.36. The van der Waals surface area contributed by atoms with Crippen LogP contribution < -0.4 is 0 Å². The molecule has 0 bridgehead atoms. The molecule has 2 nitrogen and oxygen atoms in total. The second-order valence-corrected chi connectivity index (χ2v) is 2.78. The summed E-state index contributed by atoms with van der Waals surface area (Å²) in [6, 6.07) is 0. The lowest BCUT2D eigenvalue weighted by atomic mass is 9.95. The quantitative estimate of drug-likeness (QED) is 0.599. The molecule has 0 heterocycles. The molecule has 2 N–H and O–H groups in total. The van der Waals surface area contributed by atoms with Crippen molar-refractivity contribution in [2.24, 2.45) is 0 Å². The van der Waals surface area contributed by atoms with Gasteiger partial charge in [-0.15, -0.1) is 0 Å². The van der Waals surface area contributed by atoms with Crippen LogP contribution in [0, 0.1) is 0 Å². The summed E-state index contributed by atoms with van der Waals surface area (Å²) in [5, 5.41) is 18.3. The maximum atomic E-state index is 9.34. The number of hydrogen-bond acceptors (Lipinski definition) is 2. The van der Waals surface area contributed by atoms with Crippen molar-refractivity contribution in [3.8, 4) is 0 Å². The van der Waals surface area contributed by atoms with Gasteiger partial charge in [0.2, 0.25) is 0 Å². The number of aliphatic hydroxyl groups excluding tert-OH is 1. The van der Waals surface area contributed by atoms with E-state index < -0.39 is 11.7 Å². The summed E-state index contributed by atoms with van der Waals surface area (Å²) >= 11 is 0. The molecular weight excluding hydrogens is 116 g/mol. The molecule has 0 spiro atoms. The maximum absolute atomic E-state index is 9.34. The second-order valence-electron chi connectivity index (χ2n) is 2.78. The fraction of sp³-hybridized carbons (Fsp3) is 1.00. The van der Waals surface area contributed by atoms with Crippen LogP contribution in [0.3, 0.4) is 0 Å². The minimum Gasteiger partial charge on any atom is -0.390 e. The van der Waals surface area contributed by atoms with Gasteiger partial charge in [0.15, 0.2) is 0 Å². The van der Waals surface area contributed by atoms with Crippen LogP contribution in [-0.2, 0) is 0 Å². The highest BCUT2D eigenvalue weighted by Crippen LogP contribution is 2.15. The first-order chi connectivity index (χ1) is 4.00. The molecule has 0 aromatic rings. The van der Waals surface area contributed by atoms with Crippen molar-refractivity contribution in [1.82, 2.24) is 0 Å². The van der Waals surface area contributed by atoms with E-state index in [1.807, 2.05) is 6.92 Å². The molecule has 0 amide bonds. The lowest BCUT2D eigenvalue weighted by molar-refractivity contribution is -0.0577. The van der Waals surface area contributed by atoms with E-state index in [2.05, 4.69) is 0 Å². The zero-order valence-corrected chi connectivity index (χ0v) is 6.39. The monoisotopic (exact) mass is 132 g/mol. The predicted molar refractivity (Wildman–Crippen MR) is 37.2 cm³/mol. The van der Waals surface area contributed by atoms with Gasteiger partial charge in [0.05, 0.1) is 11.7 Å². The normalized spacial score (nSPS) is 21.0. The smallest absolute Gasteiger partial charge is 0.0874 e. The molecule has 9 heavy (non-hydrogen) atoms. The Labute approximate surface area is 56.5 Å². The molecule has 0 aromatic heterocycles. The molecule has 0 aliphatic carbocycles. The van der Waals surface area contributed by atoms with E-state index in [4.69, 9.17) is 5.11 Å². The molecule has 0 aliphatic heterocycles. The van der Waals surface area contributed by atoms with Crippen LogP contribution in [0.2, 0.25) is 0 Å². The first-order valence-electron chi connectivity index (χ1n) is 3.41. The second kappa shape index (κ2) is 3.18. The van der Waals surface area contributed by atoms with Crippen LogP contribution in [0.25, 0.3) is 0 Å². The zero-order chi connectivity index (χ0) is 7.49. The standard InChI is InChI=1S/C7H16O2/c1-4-5-7(3,9)6(2)8/h6,8-9H,4-5H2,1-3H3/t6?,7-/m0/s1. The number of aliphatic hydroxyl groups is 2. The Kier molecular flexibility index (Phi) is 3.15. The van der Waals surface area contributed by atoms with Crippen molar-refractivity contribution < 1.29 is 10.2 Å².